The fourth-order valence-electron chi connectivity index (χ4n) is 1.28. The zero-order chi connectivity index (χ0) is 12.1. The number of halogens is 1. The van der Waals surface area contributed by atoms with Crippen LogP contribution in [0.2, 0.25) is 0 Å². The molecular formula is C11H12BrNO3. The first kappa shape index (κ1) is 12.9. The Morgan fingerprint density at radius 1 is 1.62 bits per heavy atom. The van der Waals surface area contributed by atoms with Crippen LogP contribution in [-0.4, -0.2) is 16.6 Å². The Morgan fingerprint density at radius 3 is 2.81 bits per heavy atom. The zero-order valence-electron chi connectivity index (χ0n) is 8.81. The van der Waals surface area contributed by atoms with Gasteiger partial charge in [-0.05, 0) is 30.2 Å². The minimum atomic E-state index is -0.429. The minimum absolute atomic E-state index is 0.0359. The Morgan fingerprint density at radius 2 is 2.31 bits per heavy atom. The maximum Gasteiger partial charge on any atom is 0.277 e. The van der Waals surface area contributed by atoms with Crippen LogP contribution >= 0.6 is 15.9 Å². The molecule has 0 aliphatic rings. The zero-order valence-corrected chi connectivity index (χ0v) is 10.4. The van der Waals surface area contributed by atoms with Crippen molar-refractivity contribution in [2.24, 2.45) is 0 Å². The molecule has 0 amide bonds. The summed E-state index contributed by atoms with van der Waals surface area (Å²) in [6, 6.07) is 4.85. The van der Waals surface area contributed by atoms with E-state index in [4.69, 9.17) is 5.11 Å². The lowest BCUT2D eigenvalue weighted by Crippen LogP contribution is -1.94. The third-order valence-electron chi connectivity index (χ3n) is 2.21. The van der Waals surface area contributed by atoms with Gasteiger partial charge in [0.1, 0.15) is 0 Å². The molecule has 0 aromatic heterocycles. The quantitative estimate of drug-likeness (QED) is 0.683. The molecule has 0 spiro atoms. The standard InChI is InChI=1S/C11H12BrNO3/c1-2-8(7-14)5-9-3-4-10(12)6-11(9)13(15)16/h3-6,14H,2,7H2,1H3/b8-5-. The molecule has 0 unspecified atom stereocenters. The first-order chi connectivity index (χ1) is 7.58. The molecule has 0 aliphatic carbocycles. The summed E-state index contributed by atoms with van der Waals surface area (Å²) in [5.41, 5.74) is 1.32. The van der Waals surface area contributed by atoms with Gasteiger partial charge in [0.05, 0.1) is 17.1 Å². The molecule has 0 atom stereocenters. The Bertz CT molecular complexity index is 423. The van der Waals surface area contributed by atoms with E-state index in [1.165, 1.54) is 6.07 Å². The van der Waals surface area contributed by atoms with Gasteiger partial charge in [-0.1, -0.05) is 22.9 Å². The van der Waals surface area contributed by atoms with E-state index in [9.17, 15) is 10.1 Å². The van der Waals surface area contributed by atoms with Crippen molar-refractivity contribution in [2.45, 2.75) is 13.3 Å². The molecule has 16 heavy (non-hydrogen) atoms. The Balaban J connectivity index is 3.22. The van der Waals surface area contributed by atoms with Gasteiger partial charge in [0.15, 0.2) is 0 Å². The minimum Gasteiger partial charge on any atom is -0.392 e. The lowest BCUT2D eigenvalue weighted by Gasteiger charge is -2.02. The number of aliphatic hydroxyl groups is 1. The number of nitro groups is 1. The summed E-state index contributed by atoms with van der Waals surface area (Å²) in [5.74, 6) is 0. The fourth-order valence-corrected chi connectivity index (χ4v) is 1.63. The summed E-state index contributed by atoms with van der Waals surface area (Å²) in [7, 11) is 0. The van der Waals surface area contributed by atoms with Crippen LogP contribution in [0.5, 0.6) is 0 Å². The highest BCUT2D eigenvalue weighted by molar-refractivity contribution is 9.10. The van der Waals surface area contributed by atoms with Gasteiger partial charge in [0, 0.05) is 10.5 Å². The molecule has 0 saturated carbocycles. The summed E-state index contributed by atoms with van der Waals surface area (Å²) < 4.78 is 0.665. The molecular weight excluding hydrogens is 274 g/mol. The molecule has 1 rings (SSSR count). The number of hydrogen-bond donors (Lipinski definition) is 1. The lowest BCUT2D eigenvalue weighted by molar-refractivity contribution is -0.385. The molecule has 5 heteroatoms. The van der Waals surface area contributed by atoms with Crippen molar-refractivity contribution in [1.29, 1.82) is 0 Å². The predicted octanol–water partition coefficient (Wildman–Crippen LogP) is 3.14. The number of rotatable bonds is 4. The van der Waals surface area contributed by atoms with E-state index in [0.717, 1.165) is 5.57 Å². The first-order valence-corrected chi connectivity index (χ1v) is 5.62. The van der Waals surface area contributed by atoms with Crippen molar-refractivity contribution in [2.75, 3.05) is 6.61 Å². The van der Waals surface area contributed by atoms with Crippen LogP contribution in [0, 0.1) is 10.1 Å². The van der Waals surface area contributed by atoms with Gasteiger partial charge in [-0.25, -0.2) is 0 Å². The van der Waals surface area contributed by atoms with Gasteiger partial charge < -0.3 is 5.11 Å². The highest BCUT2D eigenvalue weighted by Gasteiger charge is 2.12. The molecule has 0 saturated heterocycles. The van der Waals surface area contributed by atoms with E-state index < -0.39 is 4.92 Å². The van der Waals surface area contributed by atoms with E-state index >= 15 is 0 Å². The van der Waals surface area contributed by atoms with Crippen LogP contribution in [-0.2, 0) is 0 Å². The van der Waals surface area contributed by atoms with Crippen LogP contribution in [0.15, 0.2) is 28.2 Å². The highest BCUT2D eigenvalue weighted by atomic mass is 79.9. The van der Waals surface area contributed by atoms with E-state index in [1.54, 1.807) is 18.2 Å². The summed E-state index contributed by atoms with van der Waals surface area (Å²) in [6.45, 7) is 1.82. The van der Waals surface area contributed by atoms with Crippen LogP contribution < -0.4 is 0 Å². The van der Waals surface area contributed by atoms with Gasteiger partial charge in [-0.2, -0.15) is 0 Å². The molecule has 0 fully saturated rings. The average molecular weight is 286 g/mol. The highest BCUT2D eigenvalue weighted by Crippen LogP contribution is 2.25. The number of benzene rings is 1. The second-order valence-corrected chi connectivity index (χ2v) is 4.19. The molecule has 1 N–H and O–H groups in total. The van der Waals surface area contributed by atoms with Crippen LogP contribution in [0.25, 0.3) is 6.08 Å². The van der Waals surface area contributed by atoms with Crippen LogP contribution in [0.4, 0.5) is 5.69 Å². The molecule has 1 aromatic rings. The van der Waals surface area contributed by atoms with Crippen LogP contribution in [0.3, 0.4) is 0 Å². The van der Waals surface area contributed by atoms with Crippen molar-refractivity contribution in [3.63, 3.8) is 0 Å². The Labute approximate surface area is 102 Å². The summed E-state index contributed by atoms with van der Waals surface area (Å²) >= 11 is 3.19. The average Bonchev–Trinajstić information content (AvgIpc) is 2.27. The Kier molecular flexibility index (Phi) is 4.64. The second-order valence-electron chi connectivity index (χ2n) is 3.27. The third kappa shape index (κ3) is 3.15. The van der Waals surface area contributed by atoms with E-state index in [-0.39, 0.29) is 12.3 Å². The third-order valence-corrected chi connectivity index (χ3v) is 2.70. The van der Waals surface area contributed by atoms with Crippen molar-refractivity contribution in [3.8, 4) is 0 Å². The second kappa shape index (κ2) is 5.77. The molecule has 0 aliphatic heterocycles. The van der Waals surface area contributed by atoms with Crippen molar-refractivity contribution < 1.29 is 10.0 Å². The van der Waals surface area contributed by atoms with Gasteiger partial charge in [-0.15, -0.1) is 0 Å². The normalized spacial score (nSPS) is 11.6. The van der Waals surface area contributed by atoms with Crippen molar-refractivity contribution in [3.05, 3.63) is 43.9 Å². The summed E-state index contributed by atoms with van der Waals surface area (Å²) in [5, 5.41) is 19.8. The monoisotopic (exact) mass is 285 g/mol. The number of aliphatic hydroxyl groups excluding tert-OH is 1. The smallest absolute Gasteiger partial charge is 0.277 e. The van der Waals surface area contributed by atoms with Crippen molar-refractivity contribution in [1.82, 2.24) is 0 Å². The largest absolute Gasteiger partial charge is 0.392 e. The van der Waals surface area contributed by atoms with E-state index in [2.05, 4.69) is 15.9 Å². The first-order valence-electron chi connectivity index (χ1n) is 4.82. The van der Waals surface area contributed by atoms with Gasteiger partial charge in [-0.3, -0.25) is 10.1 Å². The molecule has 86 valence electrons. The molecule has 0 radical (unpaired) electrons. The van der Waals surface area contributed by atoms with E-state index in [0.29, 0.717) is 16.5 Å². The molecule has 0 bridgehead atoms. The van der Waals surface area contributed by atoms with Crippen LogP contribution in [0.1, 0.15) is 18.9 Å². The fraction of sp³-hybridized carbons (Fsp3) is 0.273. The predicted molar refractivity (Wildman–Crippen MR) is 66.2 cm³/mol. The number of nitro benzene ring substituents is 1. The maximum atomic E-state index is 10.8. The van der Waals surface area contributed by atoms with Crippen molar-refractivity contribution >= 4 is 27.7 Å². The maximum absolute atomic E-state index is 10.8. The lowest BCUT2D eigenvalue weighted by atomic mass is 10.1. The Hall–Kier alpha value is -1.20. The topological polar surface area (TPSA) is 63.4 Å². The summed E-state index contributed by atoms with van der Waals surface area (Å²) in [4.78, 5) is 10.4. The molecule has 4 nitrogen and oxygen atoms in total. The SMILES string of the molecule is CC/C(=C/c1ccc(Br)cc1[N+](=O)[O-])CO. The van der Waals surface area contributed by atoms with Gasteiger partial charge in [0.2, 0.25) is 0 Å². The van der Waals surface area contributed by atoms with Gasteiger partial charge in [0.25, 0.3) is 5.69 Å². The summed E-state index contributed by atoms with van der Waals surface area (Å²) in [6.07, 6.45) is 2.33. The number of nitrogens with zero attached hydrogens (tertiary/aromatic N) is 1. The van der Waals surface area contributed by atoms with E-state index in [1.807, 2.05) is 6.92 Å². The number of hydrogen-bond acceptors (Lipinski definition) is 3. The molecule has 1 aromatic carbocycles. The van der Waals surface area contributed by atoms with Gasteiger partial charge >= 0.3 is 0 Å². The molecule has 0 heterocycles.